The SMILES string of the molecule is CC(C)(C)OC(=O)N1[C@H]2CC[C@H]1CC(OC1CCC(Oc3ccc(-n4cncn4)c(F)c3)CC1)C2. The Morgan fingerprint density at radius 3 is 2.29 bits per heavy atom. The summed E-state index contributed by atoms with van der Waals surface area (Å²) in [5.41, 5.74) is -0.131. The summed E-state index contributed by atoms with van der Waals surface area (Å²) in [6, 6.07) is 5.27. The Labute approximate surface area is 205 Å². The number of piperidine rings is 1. The molecule has 0 radical (unpaired) electrons. The number of benzene rings is 1. The van der Waals surface area contributed by atoms with Crippen LogP contribution in [0, 0.1) is 5.82 Å². The maximum atomic E-state index is 14.5. The molecule has 0 N–H and O–H groups in total. The van der Waals surface area contributed by atoms with Crippen LogP contribution >= 0.6 is 0 Å². The van der Waals surface area contributed by atoms with Gasteiger partial charge in [0.15, 0.2) is 5.82 Å². The molecule has 2 bridgehead atoms. The van der Waals surface area contributed by atoms with Crippen LogP contribution in [-0.4, -0.2) is 61.8 Å². The van der Waals surface area contributed by atoms with E-state index >= 15 is 0 Å². The second-order valence-electron chi connectivity index (χ2n) is 11.0. The molecule has 3 heterocycles. The molecule has 3 aliphatic rings. The van der Waals surface area contributed by atoms with Crippen molar-refractivity contribution >= 4 is 6.09 Å². The largest absolute Gasteiger partial charge is 0.490 e. The van der Waals surface area contributed by atoms with Crippen molar-refractivity contribution in [3.05, 3.63) is 36.7 Å². The summed E-state index contributed by atoms with van der Waals surface area (Å²) < 4.78 is 34.1. The standard InChI is InChI=1S/C26H35FN4O4/c1-26(2,3)35-25(32)31-17-4-5-18(31)13-22(12-17)34-20-8-6-19(7-9-20)33-21-10-11-24(23(27)14-21)30-16-28-15-29-30/h10-11,14-20,22H,4-9,12-13H2,1-3H3/t17-,18-,19?,20?/m0/s1. The highest BCUT2D eigenvalue weighted by molar-refractivity contribution is 5.69. The predicted octanol–water partition coefficient (Wildman–Crippen LogP) is 5.04. The van der Waals surface area contributed by atoms with Gasteiger partial charge in [-0.3, -0.25) is 0 Å². The Morgan fingerprint density at radius 1 is 1.00 bits per heavy atom. The minimum atomic E-state index is -0.477. The van der Waals surface area contributed by atoms with Gasteiger partial charge in [0.1, 0.15) is 29.7 Å². The first-order chi connectivity index (χ1) is 16.7. The maximum Gasteiger partial charge on any atom is 0.410 e. The molecule has 2 atom stereocenters. The number of carbonyl (C=O) groups is 1. The summed E-state index contributed by atoms with van der Waals surface area (Å²) in [6.45, 7) is 5.73. The highest BCUT2D eigenvalue weighted by Gasteiger charge is 2.45. The number of fused-ring (bicyclic) bond motifs is 2. The van der Waals surface area contributed by atoms with Gasteiger partial charge >= 0.3 is 6.09 Å². The fourth-order valence-corrected chi connectivity index (χ4v) is 5.68. The second kappa shape index (κ2) is 9.76. The summed E-state index contributed by atoms with van der Waals surface area (Å²) in [4.78, 5) is 18.5. The smallest absolute Gasteiger partial charge is 0.410 e. The number of hydrogen-bond donors (Lipinski definition) is 0. The summed E-state index contributed by atoms with van der Waals surface area (Å²) in [7, 11) is 0. The van der Waals surface area contributed by atoms with E-state index in [1.807, 2.05) is 25.7 Å². The van der Waals surface area contributed by atoms with Crippen LogP contribution in [0.3, 0.4) is 0 Å². The van der Waals surface area contributed by atoms with Crippen molar-refractivity contribution in [2.75, 3.05) is 0 Å². The maximum absolute atomic E-state index is 14.5. The van der Waals surface area contributed by atoms with E-state index in [0.29, 0.717) is 11.4 Å². The first-order valence-corrected chi connectivity index (χ1v) is 12.7. The molecule has 1 aliphatic carbocycles. The van der Waals surface area contributed by atoms with E-state index in [1.165, 1.54) is 23.4 Å². The lowest BCUT2D eigenvalue weighted by Gasteiger charge is -2.41. The highest BCUT2D eigenvalue weighted by atomic mass is 19.1. The Morgan fingerprint density at radius 2 is 1.69 bits per heavy atom. The van der Waals surface area contributed by atoms with Crippen LogP contribution in [0.25, 0.3) is 5.69 Å². The molecule has 0 unspecified atom stereocenters. The molecule has 1 saturated carbocycles. The van der Waals surface area contributed by atoms with Crippen LogP contribution in [0.5, 0.6) is 5.75 Å². The van der Waals surface area contributed by atoms with Gasteiger partial charge in [-0.05, 0) is 84.3 Å². The molecule has 190 valence electrons. The molecule has 9 heteroatoms. The minimum absolute atomic E-state index is 0.0525. The first-order valence-electron chi connectivity index (χ1n) is 12.7. The van der Waals surface area contributed by atoms with Crippen LogP contribution in [0.4, 0.5) is 9.18 Å². The van der Waals surface area contributed by atoms with E-state index in [2.05, 4.69) is 10.1 Å². The van der Waals surface area contributed by atoms with Crippen molar-refractivity contribution in [3.8, 4) is 11.4 Å². The summed E-state index contributed by atoms with van der Waals surface area (Å²) in [6.07, 6.45) is 10.5. The predicted molar refractivity (Wildman–Crippen MR) is 127 cm³/mol. The van der Waals surface area contributed by atoms with Gasteiger partial charge < -0.3 is 19.1 Å². The van der Waals surface area contributed by atoms with Crippen LogP contribution in [0.1, 0.15) is 72.1 Å². The van der Waals surface area contributed by atoms with E-state index in [1.54, 1.807) is 12.1 Å². The molecular formula is C26H35FN4O4. The molecule has 8 nitrogen and oxygen atoms in total. The molecule has 2 saturated heterocycles. The first kappa shape index (κ1) is 24.0. The number of hydrogen-bond acceptors (Lipinski definition) is 6. The quantitative estimate of drug-likeness (QED) is 0.589. The minimum Gasteiger partial charge on any atom is -0.490 e. The monoisotopic (exact) mass is 486 g/mol. The molecule has 1 amide bonds. The van der Waals surface area contributed by atoms with E-state index in [-0.39, 0.29) is 36.5 Å². The molecule has 5 rings (SSSR count). The molecular weight excluding hydrogens is 451 g/mol. The Hall–Kier alpha value is -2.68. The highest BCUT2D eigenvalue weighted by Crippen LogP contribution is 2.39. The van der Waals surface area contributed by atoms with Gasteiger partial charge in [-0.25, -0.2) is 18.9 Å². The normalized spacial score (nSPS) is 28.7. The number of nitrogens with zero attached hydrogens (tertiary/aromatic N) is 4. The average Bonchev–Trinajstić information content (AvgIpc) is 3.41. The number of ether oxygens (including phenoxy) is 3. The van der Waals surface area contributed by atoms with Crippen LogP contribution in [0.2, 0.25) is 0 Å². The average molecular weight is 487 g/mol. The van der Waals surface area contributed by atoms with E-state index in [0.717, 1.165) is 51.4 Å². The Kier molecular flexibility index (Phi) is 6.70. The fourth-order valence-electron chi connectivity index (χ4n) is 5.68. The van der Waals surface area contributed by atoms with Crippen molar-refractivity contribution in [1.82, 2.24) is 19.7 Å². The zero-order valence-electron chi connectivity index (χ0n) is 20.7. The van der Waals surface area contributed by atoms with Crippen molar-refractivity contribution in [2.45, 2.75) is 108 Å². The molecule has 2 aliphatic heterocycles. The summed E-state index contributed by atoms with van der Waals surface area (Å²) in [5.74, 6) is 0.138. The topological polar surface area (TPSA) is 78.7 Å². The third-order valence-electron chi connectivity index (χ3n) is 7.19. The van der Waals surface area contributed by atoms with Gasteiger partial charge in [-0.1, -0.05) is 0 Å². The molecule has 2 aromatic rings. The van der Waals surface area contributed by atoms with E-state index < -0.39 is 11.4 Å². The second-order valence-corrected chi connectivity index (χ2v) is 11.0. The van der Waals surface area contributed by atoms with Crippen LogP contribution < -0.4 is 4.74 Å². The van der Waals surface area contributed by atoms with Gasteiger partial charge in [-0.15, -0.1) is 0 Å². The molecule has 35 heavy (non-hydrogen) atoms. The van der Waals surface area contributed by atoms with Gasteiger partial charge in [0.05, 0.1) is 18.3 Å². The van der Waals surface area contributed by atoms with Gasteiger partial charge in [-0.2, -0.15) is 5.10 Å². The number of aromatic nitrogens is 3. The van der Waals surface area contributed by atoms with Crippen molar-refractivity contribution in [1.29, 1.82) is 0 Å². The lowest BCUT2D eigenvalue weighted by atomic mass is 9.93. The lowest BCUT2D eigenvalue weighted by molar-refractivity contribution is -0.0813. The number of halogens is 1. The number of amides is 1. The van der Waals surface area contributed by atoms with Gasteiger partial charge in [0.25, 0.3) is 0 Å². The van der Waals surface area contributed by atoms with Crippen LogP contribution in [-0.2, 0) is 9.47 Å². The van der Waals surface area contributed by atoms with E-state index in [4.69, 9.17) is 14.2 Å². The van der Waals surface area contributed by atoms with E-state index in [9.17, 15) is 9.18 Å². The Balaban J connectivity index is 1.09. The zero-order chi connectivity index (χ0) is 24.6. The lowest BCUT2D eigenvalue weighted by Crippen LogP contribution is -2.50. The Bertz CT molecular complexity index is 1000. The van der Waals surface area contributed by atoms with Crippen molar-refractivity contribution in [2.24, 2.45) is 0 Å². The van der Waals surface area contributed by atoms with Crippen molar-refractivity contribution in [3.63, 3.8) is 0 Å². The third kappa shape index (κ3) is 5.60. The molecule has 3 fully saturated rings. The van der Waals surface area contributed by atoms with Gasteiger partial charge in [0, 0.05) is 18.2 Å². The molecule has 1 aromatic carbocycles. The summed E-state index contributed by atoms with van der Waals surface area (Å²) in [5, 5.41) is 3.97. The molecule has 0 spiro atoms. The zero-order valence-corrected chi connectivity index (χ0v) is 20.7. The fraction of sp³-hybridized carbons (Fsp3) is 0.654. The van der Waals surface area contributed by atoms with Gasteiger partial charge in [0.2, 0.25) is 0 Å². The van der Waals surface area contributed by atoms with Crippen LogP contribution in [0.15, 0.2) is 30.9 Å². The third-order valence-corrected chi connectivity index (χ3v) is 7.19. The number of rotatable bonds is 5. The summed E-state index contributed by atoms with van der Waals surface area (Å²) >= 11 is 0. The number of carbonyl (C=O) groups excluding carboxylic acids is 1. The van der Waals surface area contributed by atoms with Crippen molar-refractivity contribution < 1.29 is 23.4 Å². The molecule has 1 aromatic heterocycles.